The zero-order chi connectivity index (χ0) is 19.5. The first-order valence-corrected chi connectivity index (χ1v) is 9.82. The lowest BCUT2D eigenvalue weighted by Gasteiger charge is -2.29. The van der Waals surface area contributed by atoms with Crippen molar-refractivity contribution < 1.29 is 4.79 Å². The second-order valence-electron chi connectivity index (χ2n) is 7.23. The molecule has 0 bridgehead atoms. The zero-order valence-corrected chi connectivity index (χ0v) is 16.4. The van der Waals surface area contributed by atoms with Crippen molar-refractivity contribution in [2.24, 2.45) is 0 Å². The number of fused-ring (bicyclic) bond motifs is 1. The summed E-state index contributed by atoms with van der Waals surface area (Å²) in [6.45, 7) is 6.41. The third-order valence-electron chi connectivity index (χ3n) is 5.32. The Labute approximate surface area is 166 Å². The summed E-state index contributed by atoms with van der Waals surface area (Å²) in [5.74, 6) is -0.00310. The van der Waals surface area contributed by atoms with Crippen LogP contribution in [0, 0.1) is 6.92 Å². The number of hydrogen-bond acceptors (Lipinski definition) is 3. The number of amides is 1. The van der Waals surface area contributed by atoms with Crippen LogP contribution in [-0.2, 0) is 13.0 Å². The van der Waals surface area contributed by atoms with Gasteiger partial charge < -0.3 is 9.80 Å². The van der Waals surface area contributed by atoms with Crippen LogP contribution in [0.4, 0.5) is 11.4 Å². The Morgan fingerprint density at radius 3 is 2.61 bits per heavy atom. The van der Waals surface area contributed by atoms with Gasteiger partial charge in [-0.3, -0.25) is 9.78 Å². The van der Waals surface area contributed by atoms with Crippen molar-refractivity contribution >= 4 is 17.3 Å². The van der Waals surface area contributed by atoms with Gasteiger partial charge >= 0.3 is 0 Å². The fourth-order valence-corrected chi connectivity index (χ4v) is 3.85. The molecule has 0 radical (unpaired) electrons. The van der Waals surface area contributed by atoms with Crippen molar-refractivity contribution in [2.45, 2.75) is 26.8 Å². The molecule has 4 rings (SSSR count). The third kappa shape index (κ3) is 3.63. The topological polar surface area (TPSA) is 36.4 Å². The summed E-state index contributed by atoms with van der Waals surface area (Å²) in [7, 11) is 0. The van der Waals surface area contributed by atoms with E-state index in [0.717, 1.165) is 30.9 Å². The largest absolute Gasteiger partial charge is 0.342 e. The summed E-state index contributed by atoms with van der Waals surface area (Å²) in [4.78, 5) is 21.6. The quantitative estimate of drug-likeness (QED) is 0.664. The molecule has 0 atom stereocenters. The Kier molecular flexibility index (Phi) is 5.11. The number of carbonyl (C=O) groups is 1. The molecule has 0 N–H and O–H groups in total. The highest BCUT2D eigenvalue weighted by Crippen LogP contribution is 2.27. The minimum atomic E-state index is -0.00310. The van der Waals surface area contributed by atoms with Crippen LogP contribution in [0.15, 0.2) is 66.9 Å². The Morgan fingerprint density at radius 2 is 1.82 bits per heavy atom. The second kappa shape index (κ2) is 7.85. The molecular formula is C24H25N3O. The van der Waals surface area contributed by atoms with Gasteiger partial charge in [0.25, 0.3) is 5.91 Å². The zero-order valence-electron chi connectivity index (χ0n) is 16.4. The first kappa shape index (κ1) is 18.2. The van der Waals surface area contributed by atoms with Crippen LogP contribution >= 0.6 is 0 Å². The molecule has 0 saturated carbocycles. The summed E-state index contributed by atoms with van der Waals surface area (Å²) in [6, 6.07) is 20.6. The maximum Gasteiger partial charge on any atom is 0.272 e. The molecule has 1 aromatic heterocycles. The molecule has 0 unspecified atom stereocenters. The van der Waals surface area contributed by atoms with E-state index in [1.54, 1.807) is 6.20 Å². The number of anilines is 2. The van der Waals surface area contributed by atoms with Crippen molar-refractivity contribution in [3.05, 3.63) is 89.2 Å². The summed E-state index contributed by atoms with van der Waals surface area (Å²) in [5.41, 5.74) is 6.40. The summed E-state index contributed by atoms with van der Waals surface area (Å²) in [6.07, 6.45) is 2.63. The number of benzene rings is 2. The molecule has 0 spiro atoms. The minimum absolute atomic E-state index is 0.00310. The Balaban J connectivity index is 1.59. The summed E-state index contributed by atoms with van der Waals surface area (Å²) >= 11 is 0. The molecular weight excluding hydrogens is 346 g/mol. The first-order valence-electron chi connectivity index (χ1n) is 9.82. The third-order valence-corrected chi connectivity index (χ3v) is 5.32. The Morgan fingerprint density at radius 1 is 1.04 bits per heavy atom. The average Bonchev–Trinajstić information content (AvgIpc) is 2.74. The van der Waals surface area contributed by atoms with Crippen molar-refractivity contribution in [3.63, 3.8) is 0 Å². The summed E-state index contributed by atoms with van der Waals surface area (Å²) < 4.78 is 0. The number of aryl methyl sites for hydroxylation is 1. The highest BCUT2D eigenvalue weighted by atomic mass is 16.2. The Bertz CT molecular complexity index is 998. The molecule has 4 heteroatoms. The van der Waals surface area contributed by atoms with E-state index in [0.29, 0.717) is 12.2 Å². The number of rotatable bonds is 4. The van der Waals surface area contributed by atoms with Crippen LogP contribution in [0.2, 0.25) is 0 Å². The van der Waals surface area contributed by atoms with E-state index in [2.05, 4.69) is 66.2 Å². The van der Waals surface area contributed by atoms with E-state index in [9.17, 15) is 4.79 Å². The van der Waals surface area contributed by atoms with E-state index in [1.165, 1.54) is 16.7 Å². The molecule has 4 nitrogen and oxygen atoms in total. The van der Waals surface area contributed by atoms with Crippen LogP contribution in [0.1, 0.15) is 34.1 Å². The first-order chi connectivity index (χ1) is 13.7. The second-order valence-corrected chi connectivity index (χ2v) is 7.23. The smallest absolute Gasteiger partial charge is 0.272 e. The van der Waals surface area contributed by atoms with Gasteiger partial charge in [0.05, 0.1) is 0 Å². The SMILES string of the molecule is CCN(c1cccc(C)c1)c1ccnc(C(=O)N2CCc3ccccc3C2)c1. The van der Waals surface area contributed by atoms with Crippen molar-refractivity contribution in [2.75, 3.05) is 18.0 Å². The fraction of sp³-hybridized carbons (Fsp3) is 0.250. The fourth-order valence-electron chi connectivity index (χ4n) is 3.85. The van der Waals surface area contributed by atoms with Crippen LogP contribution in [0.25, 0.3) is 0 Å². The maximum atomic E-state index is 13.1. The lowest BCUT2D eigenvalue weighted by Crippen LogP contribution is -2.36. The predicted octanol–water partition coefficient (Wildman–Crippen LogP) is 4.75. The highest BCUT2D eigenvalue weighted by molar-refractivity contribution is 5.93. The number of nitrogens with zero attached hydrogens (tertiary/aromatic N) is 3. The van der Waals surface area contributed by atoms with E-state index in [-0.39, 0.29) is 5.91 Å². The molecule has 0 aliphatic carbocycles. The molecule has 0 saturated heterocycles. The van der Waals surface area contributed by atoms with Crippen LogP contribution in [-0.4, -0.2) is 28.9 Å². The molecule has 0 fully saturated rings. The van der Waals surface area contributed by atoms with E-state index < -0.39 is 0 Å². The minimum Gasteiger partial charge on any atom is -0.342 e. The molecule has 1 amide bonds. The molecule has 1 aliphatic rings. The van der Waals surface area contributed by atoms with Crippen LogP contribution < -0.4 is 4.90 Å². The van der Waals surface area contributed by atoms with Gasteiger partial charge in [-0.2, -0.15) is 0 Å². The van der Waals surface area contributed by atoms with Crippen molar-refractivity contribution in [1.29, 1.82) is 0 Å². The average molecular weight is 371 g/mol. The molecule has 142 valence electrons. The normalized spacial score (nSPS) is 13.1. The molecule has 2 heterocycles. The van der Waals surface area contributed by atoms with Crippen LogP contribution in [0.3, 0.4) is 0 Å². The molecule has 2 aromatic carbocycles. The van der Waals surface area contributed by atoms with Gasteiger partial charge in [0.1, 0.15) is 5.69 Å². The van der Waals surface area contributed by atoms with Gasteiger partial charge in [-0.25, -0.2) is 0 Å². The predicted molar refractivity (Wildman–Crippen MR) is 113 cm³/mol. The number of hydrogen-bond donors (Lipinski definition) is 0. The molecule has 28 heavy (non-hydrogen) atoms. The Hall–Kier alpha value is -3.14. The maximum absolute atomic E-state index is 13.1. The number of pyridine rings is 1. The van der Waals surface area contributed by atoms with E-state index >= 15 is 0 Å². The van der Waals surface area contributed by atoms with Crippen LogP contribution in [0.5, 0.6) is 0 Å². The van der Waals surface area contributed by atoms with Gasteiger partial charge in [0.2, 0.25) is 0 Å². The lowest BCUT2D eigenvalue weighted by atomic mass is 10.00. The van der Waals surface area contributed by atoms with Gasteiger partial charge in [0, 0.05) is 37.2 Å². The number of aromatic nitrogens is 1. The molecule has 1 aliphatic heterocycles. The van der Waals surface area contributed by atoms with E-state index in [4.69, 9.17) is 0 Å². The van der Waals surface area contributed by atoms with Gasteiger partial charge in [0.15, 0.2) is 0 Å². The highest BCUT2D eigenvalue weighted by Gasteiger charge is 2.23. The lowest BCUT2D eigenvalue weighted by molar-refractivity contribution is 0.0729. The van der Waals surface area contributed by atoms with Crippen molar-refractivity contribution in [1.82, 2.24) is 9.88 Å². The van der Waals surface area contributed by atoms with Gasteiger partial charge in [-0.1, -0.05) is 36.4 Å². The molecule has 3 aromatic rings. The van der Waals surface area contributed by atoms with E-state index in [1.807, 2.05) is 23.1 Å². The summed E-state index contributed by atoms with van der Waals surface area (Å²) in [5, 5.41) is 0. The standard InChI is InChI=1S/C24H25N3O/c1-3-27(21-10-6-7-18(2)15-21)22-11-13-25-23(16-22)24(28)26-14-12-19-8-4-5-9-20(19)17-26/h4-11,13,15-16H,3,12,14,17H2,1-2H3. The number of carbonyl (C=O) groups excluding carboxylic acids is 1. The van der Waals surface area contributed by atoms with Gasteiger partial charge in [-0.05, 0) is 61.2 Å². The van der Waals surface area contributed by atoms with Crippen molar-refractivity contribution in [3.8, 4) is 0 Å². The van der Waals surface area contributed by atoms with Gasteiger partial charge in [-0.15, -0.1) is 0 Å². The monoisotopic (exact) mass is 371 g/mol.